The molecule has 0 saturated heterocycles. The van der Waals surface area contributed by atoms with Gasteiger partial charge >= 0.3 is 0 Å². The molecule has 0 aliphatic rings. The van der Waals surface area contributed by atoms with E-state index in [2.05, 4.69) is 82.0 Å². The van der Waals surface area contributed by atoms with Crippen molar-refractivity contribution in [3.8, 4) is 0 Å². The van der Waals surface area contributed by atoms with Crippen LogP contribution < -0.4 is 4.90 Å². The normalized spacial score (nSPS) is 12.3. The van der Waals surface area contributed by atoms with Crippen molar-refractivity contribution >= 4 is 40.8 Å². The average Bonchev–Trinajstić information content (AvgIpc) is 2.66. The third-order valence-electron chi connectivity index (χ3n) is 4.82. The van der Waals surface area contributed by atoms with Gasteiger partial charge in [-0.1, -0.05) is 63.6 Å². The lowest BCUT2D eigenvalue weighted by Gasteiger charge is -2.28. The van der Waals surface area contributed by atoms with E-state index in [1.54, 1.807) is 0 Å². The van der Waals surface area contributed by atoms with Gasteiger partial charge in [0.15, 0.2) is 0 Å². The van der Waals surface area contributed by atoms with Gasteiger partial charge in [-0.15, -0.1) is 25.3 Å². The van der Waals surface area contributed by atoms with Gasteiger partial charge in [0, 0.05) is 34.2 Å². The summed E-state index contributed by atoms with van der Waals surface area (Å²) in [7, 11) is 0. The Morgan fingerprint density at radius 2 is 1.48 bits per heavy atom. The van der Waals surface area contributed by atoms with E-state index < -0.39 is 0 Å². The second-order valence-corrected chi connectivity index (χ2v) is 8.38. The van der Waals surface area contributed by atoms with Gasteiger partial charge in [0.2, 0.25) is 0 Å². The molecule has 27 heavy (non-hydrogen) atoms. The van der Waals surface area contributed by atoms with Crippen LogP contribution in [0.25, 0.3) is 9.81 Å². The van der Waals surface area contributed by atoms with Crippen LogP contribution in [0.2, 0.25) is 0 Å². The molecule has 0 unspecified atom stereocenters. The second-order valence-electron chi connectivity index (χ2n) is 7.48. The van der Waals surface area contributed by atoms with Gasteiger partial charge in [0.05, 0.1) is 0 Å². The standard InChI is InChI=1S/C24H33NS2/c1-6-14-25(15-7-2)22-13-12-20(17(3)4)16-21(22)24(27)23(26)19-10-8-18(5)9-11-19/h8-13,16-17,26-27H,6-7,14-15H2,1-5H3. The lowest BCUT2D eigenvalue weighted by Crippen LogP contribution is -2.25. The molecule has 1 nitrogen and oxygen atoms in total. The molecule has 2 aromatic carbocycles. The van der Waals surface area contributed by atoms with Gasteiger partial charge in [-0.2, -0.15) is 0 Å². The first-order chi connectivity index (χ1) is 12.9. The van der Waals surface area contributed by atoms with Crippen LogP contribution >= 0.6 is 25.3 Å². The van der Waals surface area contributed by atoms with Gasteiger partial charge in [-0.25, -0.2) is 0 Å². The van der Waals surface area contributed by atoms with Crippen LogP contribution in [0.3, 0.4) is 0 Å². The third-order valence-corrected chi connectivity index (χ3v) is 5.94. The molecule has 0 spiro atoms. The van der Waals surface area contributed by atoms with E-state index in [1.807, 2.05) is 0 Å². The summed E-state index contributed by atoms with van der Waals surface area (Å²) < 4.78 is 0. The van der Waals surface area contributed by atoms with Crippen molar-refractivity contribution < 1.29 is 0 Å². The van der Waals surface area contributed by atoms with E-state index in [-0.39, 0.29) is 0 Å². The molecule has 0 fully saturated rings. The molecule has 0 bridgehead atoms. The van der Waals surface area contributed by atoms with Crippen molar-refractivity contribution in [2.45, 2.75) is 53.4 Å². The summed E-state index contributed by atoms with van der Waals surface area (Å²) in [5, 5.41) is 0. The second kappa shape index (κ2) is 10.3. The molecule has 0 aliphatic heterocycles. The minimum absolute atomic E-state index is 0.479. The van der Waals surface area contributed by atoms with Gasteiger partial charge in [-0.3, -0.25) is 0 Å². The molecule has 2 aromatic rings. The highest BCUT2D eigenvalue weighted by atomic mass is 32.1. The fourth-order valence-electron chi connectivity index (χ4n) is 3.25. The Balaban J connectivity index is 2.61. The van der Waals surface area contributed by atoms with Crippen molar-refractivity contribution in [1.29, 1.82) is 0 Å². The molecule has 0 radical (unpaired) electrons. The van der Waals surface area contributed by atoms with Gasteiger partial charge in [-0.05, 0) is 48.9 Å². The fourth-order valence-corrected chi connectivity index (χ4v) is 3.82. The number of hydrogen-bond donors (Lipinski definition) is 2. The molecule has 0 saturated carbocycles. The Labute approximate surface area is 176 Å². The molecule has 0 heterocycles. The lowest BCUT2D eigenvalue weighted by molar-refractivity contribution is 0.743. The van der Waals surface area contributed by atoms with E-state index in [9.17, 15) is 0 Å². The maximum atomic E-state index is 4.94. The molecule has 2 rings (SSSR count). The van der Waals surface area contributed by atoms with Gasteiger partial charge in [0.1, 0.15) is 0 Å². The summed E-state index contributed by atoms with van der Waals surface area (Å²) in [6, 6.07) is 15.3. The zero-order chi connectivity index (χ0) is 20.0. The molecular formula is C24H33NS2. The number of rotatable bonds is 8. The molecule has 0 N–H and O–H groups in total. The van der Waals surface area contributed by atoms with Crippen molar-refractivity contribution in [1.82, 2.24) is 0 Å². The zero-order valence-corrected chi connectivity index (χ0v) is 19.1. The van der Waals surface area contributed by atoms with Crippen LogP contribution in [-0.2, 0) is 0 Å². The summed E-state index contributed by atoms with van der Waals surface area (Å²) in [6.07, 6.45) is 2.26. The van der Waals surface area contributed by atoms with Crippen molar-refractivity contribution in [2.75, 3.05) is 18.0 Å². The minimum Gasteiger partial charge on any atom is -0.371 e. The molecular weight excluding hydrogens is 366 g/mol. The minimum atomic E-state index is 0.479. The predicted octanol–water partition coefficient (Wildman–Crippen LogP) is 7.43. The number of aryl methyl sites for hydroxylation is 1. The first-order valence-corrected chi connectivity index (χ1v) is 10.9. The van der Waals surface area contributed by atoms with Crippen LogP contribution in [0.5, 0.6) is 0 Å². The molecule has 146 valence electrons. The largest absolute Gasteiger partial charge is 0.371 e. The zero-order valence-electron chi connectivity index (χ0n) is 17.3. The first-order valence-electron chi connectivity index (χ1n) is 9.97. The summed E-state index contributed by atoms with van der Waals surface area (Å²) >= 11 is 9.80. The van der Waals surface area contributed by atoms with Gasteiger partial charge in [0.25, 0.3) is 0 Å². The predicted molar refractivity (Wildman–Crippen MR) is 129 cm³/mol. The average molecular weight is 400 g/mol. The van der Waals surface area contributed by atoms with Crippen LogP contribution in [0.4, 0.5) is 5.69 Å². The van der Waals surface area contributed by atoms with Crippen LogP contribution in [0.15, 0.2) is 42.5 Å². The van der Waals surface area contributed by atoms with Gasteiger partial charge < -0.3 is 4.90 Å². The third kappa shape index (κ3) is 5.58. The monoisotopic (exact) mass is 399 g/mol. The molecule has 0 atom stereocenters. The number of benzene rings is 2. The Hall–Kier alpha value is -1.32. The Kier molecular flexibility index (Phi) is 8.37. The Morgan fingerprint density at radius 1 is 0.889 bits per heavy atom. The summed E-state index contributed by atoms with van der Waals surface area (Å²) in [4.78, 5) is 4.34. The van der Waals surface area contributed by atoms with Crippen molar-refractivity contribution in [3.63, 3.8) is 0 Å². The van der Waals surface area contributed by atoms with E-state index >= 15 is 0 Å². The quantitative estimate of drug-likeness (QED) is 0.345. The first kappa shape index (κ1) is 22.0. The van der Waals surface area contributed by atoms with E-state index in [0.29, 0.717) is 5.92 Å². The fraction of sp³-hybridized carbons (Fsp3) is 0.417. The van der Waals surface area contributed by atoms with Crippen LogP contribution in [0.1, 0.15) is 68.7 Å². The number of anilines is 1. The van der Waals surface area contributed by atoms with Crippen LogP contribution in [0, 0.1) is 6.92 Å². The maximum Gasteiger partial charge on any atom is 0.0451 e. The highest BCUT2D eigenvalue weighted by Gasteiger charge is 2.16. The molecule has 0 aliphatic carbocycles. The highest BCUT2D eigenvalue weighted by Crippen LogP contribution is 2.38. The molecule has 3 heteroatoms. The van der Waals surface area contributed by atoms with Crippen molar-refractivity contribution in [2.24, 2.45) is 0 Å². The highest BCUT2D eigenvalue weighted by molar-refractivity contribution is 7.96. The Bertz CT molecular complexity index is 769. The molecule has 0 aromatic heterocycles. The number of thiol groups is 2. The number of hydrogen-bond acceptors (Lipinski definition) is 3. The SMILES string of the molecule is CCCN(CCC)c1ccc(C(C)C)cc1C(S)=C(S)c1ccc(C)cc1. The summed E-state index contributed by atoms with van der Waals surface area (Å²) in [6.45, 7) is 13.1. The van der Waals surface area contributed by atoms with E-state index in [4.69, 9.17) is 25.3 Å². The Morgan fingerprint density at radius 3 is 2.00 bits per heavy atom. The maximum absolute atomic E-state index is 4.94. The topological polar surface area (TPSA) is 3.24 Å². The van der Waals surface area contributed by atoms with Crippen LogP contribution in [-0.4, -0.2) is 13.1 Å². The van der Waals surface area contributed by atoms with E-state index in [0.717, 1.165) is 41.3 Å². The van der Waals surface area contributed by atoms with E-state index in [1.165, 1.54) is 22.4 Å². The molecule has 0 amide bonds. The van der Waals surface area contributed by atoms with Crippen molar-refractivity contribution in [3.05, 3.63) is 64.7 Å². The summed E-state index contributed by atoms with van der Waals surface area (Å²) in [5.74, 6) is 0.479. The number of nitrogens with zero attached hydrogens (tertiary/aromatic N) is 1. The summed E-state index contributed by atoms with van der Waals surface area (Å²) in [5.41, 5.74) is 6.12. The lowest BCUT2D eigenvalue weighted by atomic mass is 9.98. The smallest absolute Gasteiger partial charge is 0.0451 e.